The fraction of sp³-hybridized carbons (Fsp3) is 0.182. The Kier molecular flexibility index (Phi) is 6.88. The minimum atomic E-state index is -3.35. The van der Waals surface area contributed by atoms with Crippen LogP contribution in [0.1, 0.15) is 22.3 Å². The van der Waals surface area contributed by atoms with E-state index in [1.807, 2.05) is 42.5 Å². The largest absolute Gasteiger partial charge is 0.309 e. The van der Waals surface area contributed by atoms with Crippen LogP contribution in [0.25, 0.3) is 0 Å². The van der Waals surface area contributed by atoms with Gasteiger partial charge in [-0.25, -0.2) is 8.42 Å². The highest BCUT2D eigenvalue weighted by atomic mass is 79.9. The summed E-state index contributed by atoms with van der Waals surface area (Å²) in [6, 6.07) is 24.1. The molecule has 0 amide bonds. The van der Waals surface area contributed by atoms with Crippen LogP contribution in [0.2, 0.25) is 0 Å². The van der Waals surface area contributed by atoms with Crippen LogP contribution in [-0.2, 0) is 29.5 Å². The molecular weight excluding hydrogens is 436 g/mol. The number of hydrogen-bond donors (Lipinski definition) is 2. The first kappa shape index (κ1) is 20.6. The van der Waals surface area contributed by atoms with Gasteiger partial charge in [-0.15, -0.1) is 0 Å². The van der Waals surface area contributed by atoms with Gasteiger partial charge in [0.15, 0.2) is 0 Å². The molecule has 0 atom stereocenters. The zero-order valence-corrected chi connectivity index (χ0v) is 18.1. The fourth-order valence-electron chi connectivity index (χ4n) is 3.05. The number of halogens is 1. The molecule has 0 bridgehead atoms. The van der Waals surface area contributed by atoms with E-state index in [-0.39, 0.29) is 0 Å². The van der Waals surface area contributed by atoms with Crippen molar-refractivity contribution in [1.29, 1.82) is 0 Å². The average Bonchev–Trinajstić information content (AvgIpc) is 2.65. The van der Waals surface area contributed by atoms with E-state index in [2.05, 4.69) is 56.3 Å². The molecule has 28 heavy (non-hydrogen) atoms. The Morgan fingerprint density at radius 2 is 1.54 bits per heavy atom. The van der Waals surface area contributed by atoms with Crippen molar-refractivity contribution in [3.05, 3.63) is 99.5 Å². The van der Waals surface area contributed by atoms with Gasteiger partial charge in [-0.05, 0) is 46.9 Å². The third-order valence-corrected chi connectivity index (χ3v) is 5.47. The summed E-state index contributed by atoms with van der Waals surface area (Å²) >= 11 is 3.44. The summed E-state index contributed by atoms with van der Waals surface area (Å²) in [6.07, 6.45) is 1.92. The summed E-state index contributed by atoms with van der Waals surface area (Å²) in [4.78, 5) is 0. The van der Waals surface area contributed by atoms with Crippen LogP contribution >= 0.6 is 15.9 Å². The first-order valence-electron chi connectivity index (χ1n) is 8.98. The van der Waals surface area contributed by atoms with Gasteiger partial charge in [0.25, 0.3) is 0 Å². The number of benzene rings is 3. The molecule has 0 aliphatic carbocycles. The standard InChI is InChI=1S/C22H23BrN2O2S/c1-28(26,27)25-22-9-5-8-19(14-17-6-3-2-4-7-17)21(22)16-24-15-18-10-12-20(23)13-11-18/h2-13,24-25H,14-16H2,1H3. The van der Waals surface area contributed by atoms with Crippen molar-refractivity contribution in [3.63, 3.8) is 0 Å². The molecular formula is C22H23BrN2O2S. The molecule has 0 saturated carbocycles. The molecule has 0 heterocycles. The van der Waals surface area contributed by atoms with E-state index in [0.29, 0.717) is 18.8 Å². The van der Waals surface area contributed by atoms with Crippen molar-refractivity contribution >= 4 is 31.6 Å². The molecule has 0 radical (unpaired) electrons. The van der Waals surface area contributed by atoms with Gasteiger partial charge in [0.2, 0.25) is 10.0 Å². The second-order valence-electron chi connectivity index (χ2n) is 6.71. The second kappa shape index (κ2) is 9.37. The van der Waals surface area contributed by atoms with E-state index < -0.39 is 10.0 Å². The molecule has 0 spiro atoms. The summed E-state index contributed by atoms with van der Waals surface area (Å²) in [6.45, 7) is 1.27. The van der Waals surface area contributed by atoms with E-state index in [4.69, 9.17) is 0 Å². The third-order valence-electron chi connectivity index (χ3n) is 4.35. The Hall–Kier alpha value is -2.15. The lowest BCUT2D eigenvalue weighted by Gasteiger charge is -2.17. The average molecular weight is 459 g/mol. The number of sulfonamides is 1. The van der Waals surface area contributed by atoms with E-state index in [9.17, 15) is 8.42 Å². The van der Waals surface area contributed by atoms with Crippen LogP contribution in [0.5, 0.6) is 0 Å². The quantitative estimate of drug-likeness (QED) is 0.514. The lowest BCUT2D eigenvalue weighted by molar-refractivity contribution is 0.606. The zero-order chi connectivity index (χ0) is 20.0. The maximum atomic E-state index is 11.8. The van der Waals surface area contributed by atoms with Crippen LogP contribution in [0.4, 0.5) is 5.69 Å². The van der Waals surface area contributed by atoms with Crippen molar-refractivity contribution < 1.29 is 8.42 Å². The van der Waals surface area contributed by atoms with Gasteiger partial charge in [-0.1, -0.05) is 70.5 Å². The fourth-order valence-corrected chi connectivity index (χ4v) is 3.91. The molecule has 4 nitrogen and oxygen atoms in total. The molecule has 0 unspecified atom stereocenters. The highest BCUT2D eigenvalue weighted by Crippen LogP contribution is 2.24. The number of rotatable bonds is 8. The van der Waals surface area contributed by atoms with Gasteiger partial charge in [-0.2, -0.15) is 0 Å². The van der Waals surface area contributed by atoms with Crippen LogP contribution < -0.4 is 10.0 Å². The first-order chi connectivity index (χ1) is 13.4. The minimum Gasteiger partial charge on any atom is -0.309 e. The number of hydrogen-bond acceptors (Lipinski definition) is 3. The molecule has 0 aromatic heterocycles. The van der Waals surface area contributed by atoms with Gasteiger partial charge in [-0.3, -0.25) is 4.72 Å². The van der Waals surface area contributed by atoms with Crippen LogP contribution in [0.3, 0.4) is 0 Å². The Balaban J connectivity index is 1.82. The molecule has 6 heteroatoms. The maximum absolute atomic E-state index is 11.8. The van der Waals surface area contributed by atoms with Crippen molar-refractivity contribution in [2.24, 2.45) is 0 Å². The van der Waals surface area contributed by atoms with Crippen molar-refractivity contribution in [1.82, 2.24) is 5.32 Å². The normalized spacial score (nSPS) is 11.4. The minimum absolute atomic E-state index is 0.566. The molecule has 0 saturated heterocycles. The Morgan fingerprint density at radius 3 is 2.21 bits per heavy atom. The van der Waals surface area contributed by atoms with Crippen LogP contribution in [0.15, 0.2) is 77.3 Å². The molecule has 3 aromatic rings. The second-order valence-corrected chi connectivity index (χ2v) is 9.37. The summed E-state index contributed by atoms with van der Waals surface area (Å²) in [5, 5.41) is 3.44. The molecule has 0 aliphatic heterocycles. The monoisotopic (exact) mass is 458 g/mol. The lowest BCUT2D eigenvalue weighted by Crippen LogP contribution is -2.18. The molecule has 2 N–H and O–H groups in total. The summed E-state index contributed by atoms with van der Waals surface area (Å²) in [5.41, 5.74) is 5.05. The SMILES string of the molecule is CS(=O)(=O)Nc1cccc(Cc2ccccc2)c1CNCc1ccc(Br)cc1. The maximum Gasteiger partial charge on any atom is 0.229 e. The smallest absolute Gasteiger partial charge is 0.229 e. The van der Waals surface area contributed by atoms with Gasteiger partial charge in [0.1, 0.15) is 0 Å². The van der Waals surface area contributed by atoms with E-state index in [1.165, 1.54) is 17.4 Å². The summed E-state index contributed by atoms with van der Waals surface area (Å²) in [5.74, 6) is 0. The Labute approximate surface area is 175 Å². The van der Waals surface area contributed by atoms with Gasteiger partial charge in [0.05, 0.1) is 11.9 Å². The third kappa shape index (κ3) is 6.19. The summed E-state index contributed by atoms with van der Waals surface area (Å²) in [7, 11) is -3.35. The molecule has 146 valence electrons. The van der Waals surface area contributed by atoms with Crippen molar-refractivity contribution in [2.45, 2.75) is 19.5 Å². The van der Waals surface area contributed by atoms with E-state index in [0.717, 1.165) is 22.0 Å². The predicted molar refractivity (Wildman–Crippen MR) is 119 cm³/mol. The molecule has 0 aliphatic rings. The van der Waals surface area contributed by atoms with Gasteiger partial charge in [0, 0.05) is 17.6 Å². The Bertz CT molecular complexity index is 1020. The Morgan fingerprint density at radius 1 is 0.821 bits per heavy atom. The number of anilines is 1. The van der Waals surface area contributed by atoms with Gasteiger partial charge < -0.3 is 5.32 Å². The molecule has 0 fully saturated rings. The number of nitrogens with one attached hydrogen (secondary N) is 2. The van der Waals surface area contributed by atoms with Crippen molar-refractivity contribution in [3.8, 4) is 0 Å². The highest BCUT2D eigenvalue weighted by molar-refractivity contribution is 9.10. The zero-order valence-electron chi connectivity index (χ0n) is 15.7. The van der Waals surface area contributed by atoms with E-state index in [1.54, 1.807) is 0 Å². The first-order valence-corrected chi connectivity index (χ1v) is 11.7. The van der Waals surface area contributed by atoms with Crippen LogP contribution in [0, 0.1) is 0 Å². The molecule has 3 rings (SSSR count). The predicted octanol–water partition coefficient (Wildman–Crippen LogP) is 4.70. The summed E-state index contributed by atoms with van der Waals surface area (Å²) < 4.78 is 27.3. The lowest BCUT2D eigenvalue weighted by atomic mass is 9.98. The highest BCUT2D eigenvalue weighted by Gasteiger charge is 2.12. The topological polar surface area (TPSA) is 58.2 Å². The molecule has 3 aromatic carbocycles. The van der Waals surface area contributed by atoms with E-state index >= 15 is 0 Å². The van der Waals surface area contributed by atoms with Gasteiger partial charge >= 0.3 is 0 Å². The van der Waals surface area contributed by atoms with Crippen molar-refractivity contribution in [2.75, 3.05) is 11.0 Å². The van der Waals surface area contributed by atoms with Crippen LogP contribution in [-0.4, -0.2) is 14.7 Å².